The maximum absolute atomic E-state index is 12.2. The average Bonchev–Trinajstić information content (AvgIpc) is 3.08. The molecule has 22 heavy (non-hydrogen) atoms. The molecule has 1 N–H and O–H groups in total. The van der Waals surface area contributed by atoms with Crippen molar-refractivity contribution < 1.29 is 9.21 Å². The lowest BCUT2D eigenvalue weighted by molar-refractivity contribution is 0.102. The number of carbonyl (C=O) groups is 1. The minimum absolute atomic E-state index is 0.206. The molecule has 1 aromatic carbocycles. The van der Waals surface area contributed by atoms with Crippen molar-refractivity contribution >= 4 is 27.7 Å². The van der Waals surface area contributed by atoms with Crippen molar-refractivity contribution in [2.75, 3.05) is 5.32 Å². The first-order valence-electron chi connectivity index (χ1n) is 6.75. The monoisotopic (exact) mass is 359 g/mol. The van der Waals surface area contributed by atoms with E-state index in [0.717, 1.165) is 10.0 Å². The Morgan fingerprint density at radius 3 is 2.95 bits per heavy atom. The number of carbonyl (C=O) groups excluding carboxylic acids is 1. The number of hydrogen-bond donors (Lipinski definition) is 1. The Bertz CT molecular complexity index is 807. The minimum Gasteiger partial charge on any atom is -0.469 e. The third-order valence-corrected chi connectivity index (χ3v) is 3.78. The van der Waals surface area contributed by atoms with Crippen molar-refractivity contribution in [2.45, 2.75) is 13.5 Å². The van der Waals surface area contributed by atoms with E-state index in [1.165, 1.54) is 6.26 Å². The first-order valence-corrected chi connectivity index (χ1v) is 7.54. The number of amides is 1. The summed E-state index contributed by atoms with van der Waals surface area (Å²) in [5.74, 6) is 1.03. The van der Waals surface area contributed by atoms with Crippen LogP contribution in [0, 0.1) is 6.92 Å². The highest BCUT2D eigenvalue weighted by atomic mass is 79.9. The van der Waals surface area contributed by atoms with Crippen molar-refractivity contribution in [1.82, 2.24) is 9.78 Å². The zero-order chi connectivity index (χ0) is 15.5. The summed E-state index contributed by atoms with van der Waals surface area (Å²) in [5.41, 5.74) is 1.61. The number of halogens is 1. The molecule has 0 bridgehead atoms. The molecule has 0 saturated heterocycles. The maximum atomic E-state index is 12.2. The highest BCUT2D eigenvalue weighted by Gasteiger charge is 2.13. The average molecular weight is 360 g/mol. The van der Waals surface area contributed by atoms with Crippen LogP contribution in [-0.4, -0.2) is 15.7 Å². The molecule has 0 aliphatic carbocycles. The van der Waals surface area contributed by atoms with Crippen molar-refractivity contribution in [3.8, 4) is 0 Å². The lowest BCUT2D eigenvalue weighted by Crippen LogP contribution is -2.16. The molecule has 6 heteroatoms. The zero-order valence-electron chi connectivity index (χ0n) is 11.9. The number of nitrogens with zero attached hydrogens (tertiary/aromatic N) is 2. The molecule has 2 heterocycles. The molecule has 0 saturated carbocycles. The van der Waals surface area contributed by atoms with E-state index in [1.54, 1.807) is 29.9 Å². The number of benzene rings is 1. The maximum Gasteiger partial charge on any atom is 0.260 e. The number of nitrogens with one attached hydrogen (secondary N) is 1. The van der Waals surface area contributed by atoms with E-state index in [2.05, 4.69) is 26.3 Å². The smallest absolute Gasteiger partial charge is 0.260 e. The third kappa shape index (κ3) is 3.12. The summed E-state index contributed by atoms with van der Waals surface area (Å²) in [7, 11) is 0. The number of aromatic nitrogens is 2. The number of hydrogen-bond acceptors (Lipinski definition) is 3. The Morgan fingerprint density at radius 1 is 1.36 bits per heavy atom. The third-order valence-electron chi connectivity index (χ3n) is 3.28. The van der Waals surface area contributed by atoms with Gasteiger partial charge in [-0.2, -0.15) is 5.10 Å². The Hall–Kier alpha value is -2.34. The van der Waals surface area contributed by atoms with Gasteiger partial charge in [0.05, 0.1) is 24.6 Å². The summed E-state index contributed by atoms with van der Waals surface area (Å²) >= 11 is 3.45. The summed E-state index contributed by atoms with van der Waals surface area (Å²) in [6, 6.07) is 11.4. The highest BCUT2D eigenvalue weighted by Crippen LogP contribution is 2.16. The summed E-state index contributed by atoms with van der Waals surface area (Å²) in [6.45, 7) is 2.33. The van der Waals surface area contributed by atoms with Gasteiger partial charge in [0.25, 0.3) is 5.91 Å². The van der Waals surface area contributed by atoms with Gasteiger partial charge in [-0.3, -0.25) is 4.79 Å². The Morgan fingerprint density at radius 2 is 2.23 bits per heavy atom. The van der Waals surface area contributed by atoms with Gasteiger partial charge in [0.15, 0.2) is 0 Å². The highest BCUT2D eigenvalue weighted by molar-refractivity contribution is 9.10. The van der Waals surface area contributed by atoms with E-state index in [1.807, 2.05) is 24.3 Å². The second-order valence-electron chi connectivity index (χ2n) is 4.85. The van der Waals surface area contributed by atoms with E-state index in [4.69, 9.17) is 4.42 Å². The number of furan rings is 1. The fraction of sp³-hybridized carbons (Fsp3) is 0.125. The molecular weight excluding hydrogens is 346 g/mol. The Labute approximate surface area is 136 Å². The normalized spacial score (nSPS) is 10.6. The van der Waals surface area contributed by atoms with Gasteiger partial charge >= 0.3 is 0 Å². The molecule has 5 nitrogen and oxygen atoms in total. The molecule has 3 rings (SSSR count). The van der Waals surface area contributed by atoms with Gasteiger partial charge in [-0.1, -0.05) is 28.1 Å². The molecule has 0 aliphatic rings. The molecule has 0 radical (unpaired) electrons. The van der Waals surface area contributed by atoms with Gasteiger partial charge in [0, 0.05) is 10.5 Å². The topological polar surface area (TPSA) is 60.1 Å². The number of rotatable bonds is 4. The lowest BCUT2D eigenvalue weighted by Gasteiger charge is -2.09. The Kier molecular flexibility index (Phi) is 4.11. The van der Waals surface area contributed by atoms with Gasteiger partial charge in [-0.15, -0.1) is 0 Å². The SMILES string of the molecule is Cc1occc1C(=O)Nc1ccnn1Cc1cccc(Br)c1. The number of anilines is 1. The van der Waals surface area contributed by atoms with Crippen LogP contribution >= 0.6 is 15.9 Å². The van der Waals surface area contributed by atoms with E-state index in [-0.39, 0.29) is 5.91 Å². The van der Waals surface area contributed by atoms with Crippen LogP contribution in [0.4, 0.5) is 5.82 Å². The fourth-order valence-electron chi connectivity index (χ4n) is 2.18. The second kappa shape index (κ2) is 6.19. The fourth-order valence-corrected chi connectivity index (χ4v) is 2.62. The van der Waals surface area contributed by atoms with Gasteiger partial charge in [-0.05, 0) is 30.7 Å². The molecule has 112 valence electrons. The quantitative estimate of drug-likeness (QED) is 0.769. The van der Waals surface area contributed by atoms with Crippen molar-refractivity contribution in [3.05, 3.63) is 70.2 Å². The molecule has 0 aliphatic heterocycles. The zero-order valence-corrected chi connectivity index (χ0v) is 13.5. The van der Waals surface area contributed by atoms with Crippen LogP contribution in [-0.2, 0) is 6.54 Å². The second-order valence-corrected chi connectivity index (χ2v) is 5.76. The van der Waals surface area contributed by atoms with Crippen LogP contribution < -0.4 is 5.32 Å². The molecule has 0 spiro atoms. The van der Waals surface area contributed by atoms with Gasteiger partial charge in [0.1, 0.15) is 11.6 Å². The van der Waals surface area contributed by atoms with Crippen LogP contribution in [0.5, 0.6) is 0 Å². The van der Waals surface area contributed by atoms with Crippen LogP contribution in [0.15, 0.2) is 57.7 Å². The number of aryl methyl sites for hydroxylation is 1. The predicted octanol–water partition coefficient (Wildman–Crippen LogP) is 3.85. The first kappa shape index (κ1) is 14.6. The van der Waals surface area contributed by atoms with Crippen LogP contribution in [0.25, 0.3) is 0 Å². The van der Waals surface area contributed by atoms with Gasteiger partial charge in [-0.25, -0.2) is 4.68 Å². The molecule has 3 aromatic rings. The van der Waals surface area contributed by atoms with E-state index in [0.29, 0.717) is 23.7 Å². The molecule has 1 amide bonds. The summed E-state index contributed by atoms with van der Waals surface area (Å²) in [6.07, 6.45) is 3.17. The minimum atomic E-state index is -0.206. The molecular formula is C16H14BrN3O2. The first-order chi connectivity index (χ1) is 10.6. The van der Waals surface area contributed by atoms with Gasteiger partial charge < -0.3 is 9.73 Å². The van der Waals surface area contributed by atoms with Crippen LogP contribution in [0.1, 0.15) is 21.7 Å². The summed E-state index contributed by atoms with van der Waals surface area (Å²) in [4.78, 5) is 12.2. The predicted molar refractivity (Wildman–Crippen MR) is 86.9 cm³/mol. The van der Waals surface area contributed by atoms with E-state index >= 15 is 0 Å². The van der Waals surface area contributed by atoms with Crippen molar-refractivity contribution in [2.24, 2.45) is 0 Å². The molecule has 0 fully saturated rings. The summed E-state index contributed by atoms with van der Waals surface area (Å²) in [5, 5.41) is 7.12. The molecule has 0 atom stereocenters. The molecule has 0 unspecified atom stereocenters. The summed E-state index contributed by atoms with van der Waals surface area (Å²) < 4.78 is 7.91. The van der Waals surface area contributed by atoms with Crippen molar-refractivity contribution in [3.63, 3.8) is 0 Å². The Balaban J connectivity index is 1.78. The van der Waals surface area contributed by atoms with Crippen LogP contribution in [0.2, 0.25) is 0 Å². The van der Waals surface area contributed by atoms with Crippen molar-refractivity contribution in [1.29, 1.82) is 0 Å². The van der Waals surface area contributed by atoms with E-state index < -0.39 is 0 Å². The molecule has 2 aromatic heterocycles. The standard InChI is InChI=1S/C16H14BrN3O2/c1-11-14(6-8-22-11)16(21)19-15-5-7-18-20(15)10-12-3-2-4-13(17)9-12/h2-9H,10H2,1H3,(H,19,21). The largest absolute Gasteiger partial charge is 0.469 e. The van der Waals surface area contributed by atoms with Gasteiger partial charge in [0.2, 0.25) is 0 Å². The van der Waals surface area contributed by atoms with Crippen LogP contribution in [0.3, 0.4) is 0 Å². The van der Waals surface area contributed by atoms with E-state index in [9.17, 15) is 4.79 Å². The lowest BCUT2D eigenvalue weighted by atomic mass is 10.2.